The van der Waals surface area contributed by atoms with E-state index in [0.29, 0.717) is 6.04 Å². The monoisotopic (exact) mass is 413 g/mol. The summed E-state index contributed by atoms with van der Waals surface area (Å²) >= 11 is 0. The molecule has 0 radical (unpaired) electrons. The molecule has 158 valence electrons. The average molecular weight is 414 g/mol. The number of hydrogen-bond acceptors (Lipinski definition) is 4. The Kier molecular flexibility index (Phi) is 4.60. The molecule has 6 heteroatoms. The summed E-state index contributed by atoms with van der Waals surface area (Å²) in [4.78, 5) is 12.9. The molecule has 0 bridgehead atoms. The van der Waals surface area contributed by atoms with Crippen LogP contribution in [0, 0.1) is 6.92 Å². The number of aromatic nitrogens is 5. The van der Waals surface area contributed by atoms with Crippen LogP contribution in [0.25, 0.3) is 33.7 Å². The molecule has 2 aliphatic rings. The minimum absolute atomic E-state index is 0.399. The summed E-state index contributed by atoms with van der Waals surface area (Å²) in [5, 5.41) is 4.70. The number of ether oxygens (including phenoxy) is 1. The van der Waals surface area contributed by atoms with Crippen LogP contribution in [0.1, 0.15) is 48.5 Å². The van der Waals surface area contributed by atoms with Crippen LogP contribution >= 0.6 is 0 Å². The van der Waals surface area contributed by atoms with Crippen molar-refractivity contribution < 1.29 is 4.74 Å². The summed E-state index contributed by atoms with van der Waals surface area (Å²) in [6.45, 7) is 3.73. The molecule has 31 heavy (non-hydrogen) atoms. The van der Waals surface area contributed by atoms with Gasteiger partial charge in [0.05, 0.1) is 23.3 Å². The third-order valence-electron chi connectivity index (χ3n) is 6.89. The molecule has 0 atom stereocenters. The molecule has 1 saturated heterocycles. The van der Waals surface area contributed by atoms with Gasteiger partial charge in [0.15, 0.2) is 5.65 Å². The Morgan fingerprint density at radius 3 is 2.74 bits per heavy atom. The lowest BCUT2D eigenvalue weighted by Gasteiger charge is -2.23. The molecule has 4 aromatic rings. The molecular weight excluding hydrogens is 386 g/mol. The lowest BCUT2D eigenvalue weighted by molar-refractivity contribution is 0.0657. The third kappa shape index (κ3) is 3.26. The number of nitrogens with zero attached hydrogens (tertiary/aromatic N) is 4. The molecule has 1 aliphatic carbocycles. The molecule has 0 amide bonds. The van der Waals surface area contributed by atoms with Crippen LogP contribution < -0.4 is 0 Å². The van der Waals surface area contributed by atoms with Gasteiger partial charge in [-0.25, -0.2) is 9.97 Å². The second kappa shape index (κ2) is 7.61. The molecule has 1 fully saturated rings. The summed E-state index contributed by atoms with van der Waals surface area (Å²) in [6, 6.07) is 9.39. The maximum Gasteiger partial charge on any atom is 0.178 e. The van der Waals surface area contributed by atoms with Gasteiger partial charge in [-0.3, -0.25) is 4.68 Å². The van der Waals surface area contributed by atoms with Crippen molar-refractivity contribution in [1.82, 2.24) is 24.7 Å². The third-order valence-corrected chi connectivity index (χ3v) is 6.89. The lowest BCUT2D eigenvalue weighted by Crippen LogP contribution is -2.21. The lowest BCUT2D eigenvalue weighted by atomic mass is 9.89. The number of aromatic amines is 1. The Balaban J connectivity index is 1.40. The zero-order valence-electron chi connectivity index (χ0n) is 17.9. The average Bonchev–Trinajstić information content (AvgIpc) is 3.42. The van der Waals surface area contributed by atoms with Crippen molar-refractivity contribution in [1.29, 1.82) is 0 Å². The predicted molar refractivity (Wildman–Crippen MR) is 121 cm³/mol. The van der Waals surface area contributed by atoms with Crippen LogP contribution in [0.4, 0.5) is 0 Å². The second-order valence-corrected chi connectivity index (χ2v) is 8.76. The van der Waals surface area contributed by atoms with Crippen LogP contribution in [0.3, 0.4) is 0 Å². The summed E-state index contributed by atoms with van der Waals surface area (Å²) in [5.41, 5.74) is 9.31. The van der Waals surface area contributed by atoms with E-state index in [2.05, 4.69) is 45.8 Å². The van der Waals surface area contributed by atoms with Crippen LogP contribution in [0.5, 0.6) is 0 Å². The van der Waals surface area contributed by atoms with Gasteiger partial charge in [0.1, 0.15) is 5.82 Å². The quantitative estimate of drug-likeness (QED) is 0.512. The Morgan fingerprint density at radius 2 is 1.87 bits per heavy atom. The topological polar surface area (TPSA) is 68.6 Å². The second-order valence-electron chi connectivity index (χ2n) is 8.76. The van der Waals surface area contributed by atoms with Gasteiger partial charge in [-0.2, -0.15) is 5.10 Å². The Morgan fingerprint density at radius 1 is 1.03 bits per heavy atom. The van der Waals surface area contributed by atoms with E-state index in [-0.39, 0.29) is 0 Å². The first kappa shape index (κ1) is 18.8. The van der Waals surface area contributed by atoms with E-state index in [1.54, 1.807) is 0 Å². The standard InChI is InChI=1S/C25H27N5O/c1-16-22(15-27-30(16)20-9-12-31-13-10-20)24-28-23-21(8-11-26-25(23)29-24)19-7-6-17-4-2-3-5-18(17)14-19/h6-8,11,14-15,20H,2-5,9-10,12-13H2,1H3,(H,26,28,29). The van der Waals surface area contributed by atoms with Crippen molar-refractivity contribution in [3.05, 3.63) is 53.5 Å². The highest BCUT2D eigenvalue weighted by molar-refractivity contribution is 5.91. The fourth-order valence-corrected chi connectivity index (χ4v) is 5.13. The summed E-state index contributed by atoms with van der Waals surface area (Å²) in [6.07, 6.45) is 10.8. The number of pyridine rings is 1. The smallest absolute Gasteiger partial charge is 0.178 e. The highest BCUT2D eigenvalue weighted by atomic mass is 16.5. The van der Waals surface area contributed by atoms with Crippen LogP contribution in [0.15, 0.2) is 36.7 Å². The van der Waals surface area contributed by atoms with E-state index >= 15 is 0 Å². The first-order valence-electron chi connectivity index (χ1n) is 11.4. The minimum atomic E-state index is 0.399. The largest absolute Gasteiger partial charge is 0.381 e. The Labute approximate surface area is 181 Å². The van der Waals surface area contributed by atoms with Crippen molar-refractivity contribution in [3.8, 4) is 22.5 Å². The number of H-pyrrole nitrogens is 1. The molecule has 1 aromatic carbocycles. The number of rotatable bonds is 3. The molecule has 0 saturated carbocycles. The summed E-state index contributed by atoms with van der Waals surface area (Å²) in [7, 11) is 0. The zero-order chi connectivity index (χ0) is 20.8. The molecule has 6 rings (SSSR count). The van der Waals surface area contributed by atoms with E-state index < -0.39 is 0 Å². The molecule has 0 spiro atoms. The van der Waals surface area contributed by atoms with Crippen LogP contribution in [0.2, 0.25) is 0 Å². The molecule has 1 aliphatic heterocycles. The van der Waals surface area contributed by atoms with Crippen molar-refractivity contribution in [2.45, 2.75) is 51.5 Å². The minimum Gasteiger partial charge on any atom is -0.381 e. The van der Waals surface area contributed by atoms with Crippen molar-refractivity contribution in [3.63, 3.8) is 0 Å². The fraction of sp³-hybridized carbons (Fsp3) is 0.400. The zero-order valence-corrected chi connectivity index (χ0v) is 17.9. The first-order chi connectivity index (χ1) is 15.3. The van der Waals surface area contributed by atoms with Gasteiger partial charge in [-0.05, 0) is 68.2 Å². The number of hydrogen-bond donors (Lipinski definition) is 1. The van der Waals surface area contributed by atoms with Crippen LogP contribution in [-0.4, -0.2) is 37.9 Å². The molecule has 0 unspecified atom stereocenters. The number of benzene rings is 1. The maximum absolute atomic E-state index is 5.51. The van der Waals surface area contributed by atoms with Crippen LogP contribution in [-0.2, 0) is 17.6 Å². The summed E-state index contributed by atoms with van der Waals surface area (Å²) < 4.78 is 7.66. The maximum atomic E-state index is 5.51. The van der Waals surface area contributed by atoms with Gasteiger partial charge in [0.25, 0.3) is 0 Å². The SMILES string of the molecule is Cc1c(-c2nc3nccc(-c4ccc5c(c4)CCCC5)c3[nH]2)cnn1C1CCOCC1. The fourth-order valence-electron chi connectivity index (χ4n) is 5.13. The molecule has 6 nitrogen and oxygen atoms in total. The van der Waals surface area contributed by atoms with Gasteiger partial charge in [0.2, 0.25) is 0 Å². The van der Waals surface area contributed by atoms with Gasteiger partial charge >= 0.3 is 0 Å². The van der Waals surface area contributed by atoms with E-state index in [1.165, 1.54) is 42.4 Å². The number of nitrogens with one attached hydrogen (secondary N) is 1. The molecule has 3 aromatic heterocycles. The Hall–Kier alpha value is -2.99. The van der Waals surface area contributed by atoms with Crippen molar-refractivity contribution in [2.24, 2.45) is 0 Å². The van der Waals surface area contributed by atoms with Gasteiger partial charge < -0.3 is 9.72 Å². The number of aryl methyl sites for hydroxylation is 2. The number of imidazole rings is 1. The molecule has 4 heterocycles. The van der Waals surface area contributed by atoms with Gasteiger partial charge in [-0.1, -0.05) is 18.2 Å². The predicted octanol–water partition coefficient (Wildman–Crippen LogP) is 5.03. The highest BCUT2D eigenvalue weighted by Gasteiger charge is 2.22. The first-order valence-corrected chi connectivity index (χ1v) is 11.4. The number of fused-ring (bicyclic) bond motifs is 2. The van der Waals surface area contributed by atoms with Crippen molar-refractivity contribution in [2.75, 3.05) is 13.2 Å². The van der Waals surface area contributed by atoms with Crippen molar-refractivity contribution >= 4 is 11.2 Å². The Bertz CT molecular complexity index is 1250. The van der Waals surface area contributed by atoms with E-state index in [1.807, 2.05) is 12.4 Å². The normalized spacial score (nSPS) is 17.2. The molecular formula is C25H27N5O. The summed E-state index contributed by atoms with van der Waals surface area (Å²) in [5.74, 6) is 0.837. The van der Waals surface area contributed by atoms with E-state index in [4.69, 9.17) is 14.8 Å². The van der Waals surface area contributed by atoms with Gasteiger partial charge in [-0.15, -0.1) is 0 Å². The molecule has 1 N–H and O–H groups in total. The van der Waals surface area contributed by atoms with E-state index in [9.17, 15) is 0 Å². The highest BCUT2D eigenvalue weighted by Crippen LogP contribution is 2.33. The van der Waals surface area contributed by atoms with E-state index in [0.717, 1.165) is 59.9 Å². The van der Waals surface area contributed by atoms with Gasteiger partial charge in [0, 0.05) is 30.7 Å².